The molecule has 0 atom stereocenters. The van der Waals surface area contributed by atoms with Gasteiger partial charge in [0.25, 0.3) is 5.91 Å². The first-order valence-electron chi connectivity index (χ1n) is 6.13. The number of amides is 1. The van der Waals surface area contributed by atoms with Gasteiger partial charge in [0.15, 0.2) is 0 Å². The minimum atomic E-state index is -0.0455. The predicted octanol–water partition coefficient (Wildman–Crippen LogP) is 0.372. The fraction of sp³-hybridized carbons (Fsp3) is 0.462. The second-order valence-electron chi connectivity index (χ2n) is 4.30. The molecule has 1 saturated heterocycles. The van der Waals surface area contributed by atoms with Crippen molar-refractivity contribution >= 4 is 5.91 Å². The first-order valence-corrected chi connectivity index (χ1v) is 6.13. The van der Waals surface area contributed by atoms with Crippen LogP contribution in [0.25, 0.3) is 0 Å². The third-order valence-electron chi connectivity index (χ3n) is 3.19. The van der Waals surface area contributed by atoms with Crippen LogP contribution in [0.15, 0.2) is 18.5 Å². The van der Waals surface area contributed by atoms with Crippen molar-refractivity contribution < 1.29 is 9.53 Å². The van der Waals surface area contributed by atoms with Crippen LogP contribution in [0, 0.1) is 11.3 Å². The molecule has 1 aliphatic heterocycles. The van der Waals surface area contributed by atoms with Gasteiger partial charge in [-0.1, -0.05) is 0 Å². The highest BCUT2D eigenvalue weighted by Crippen LogP contribution is 2.18. The van der Waals surface area contributed by atoms with Gasteiger partial charge < -0.3 is 9.64 Å². The van der Waals surface area contributed by atoms with E-state index in [1.54, 1.807) is 23.4 Å². The van der Waals surface area contributed by atoms with Gasteiger partial charge in [0, 0.05) is 32.4 Å². The normalized spacial score (nSPS) is 15.9. The molecule has 19 heavy (non-hydrogen) atoms. The van der Waals surface area contributed by atoms with Gasteiger partial charge in [-0.2, -0.15) is 5.26 Å². The molecule has 2 rings (SSSR count). The van der Waals surface area contributed by atoms with Crippen molar-refractivity contribution in [2.24, 2.45) is 0 Å². The van der Waals surface area contributed by atoms with Crippen LogP contribution in [0.3, 0.4) is 0 Å². The maximum absolute atomic E-state index is 12.4. The van der Waals surface area contributed by atoms with Crippen molar-refractivity contribution in [3.8, 4) is 11.8 Å². The first kappa shape index (κ1) is 13.3. The van der Waals surface area contributed by atoms with Crippen molar-refractivity contribution in [2.45, 2.75) is 0 Å². The fourth-order valence-corrected chi connectivity index (χ4v) is 2.10. The Labute approximate surface area is 112 Å². The summed E-state index contributed by atoms with van der Waals surface area (Å²) in [6.45, 7) is 3.14. The van der Waals surface area contributed by atoms with Gasteiger partial charge in [-0.25, -0.2) is 0 Å². The Bertz CT molecular complexity index is 490. The lowest BCUT2D eigenvalue weighted by Crippen LogP contribution is -2.48. The number of aromatic nitrogens is 1. The van der Waals surface area contributed by atoms with Crippen LogP contribution in [0.4, 0.5) is 0 Å². The number of hydrogen-bond acceptors (Lipinski definition) is 5. The second kappa shape index (κ2) is 6.16. The average molecular weight is 260 g/mol. The van der Waals surface area contributed by atoms with E-state index >= 15 is 0 Å². The van der Waals surface area contributed by atoms with Crippen LogP contribution in [0.2, 0.25) is 0 Å². The molecule has 1 amide bonds. The number of carbonyl (C=O) groups is 1. The van der Waals surface area contributed by atoms with Crippen molar-refractivity contribution in [1.82, 2.24) is 14.8 Å². The molecule has 0 aromatic carbocycles. The number of methoxy groups -OCH3 is 1. The third kappa shape index (κ3) is 3.01. The molecule has 0 aliphatic carbocycles. The summed E-state index contributed by atoms with van der Waals surface area (Å²) in [7, 11) is 1.53. The Hall–Kier alpha value is -2.13. The van der Waals surface area contributed by atoms with E-state index in [1.807, 2.05) is 4.90 Å². The molecule has 1 fully saturated rings. The minimum absolute atomic E-state index is 0.0455. The topological polar surface area (TPSA) is 69.5 Å². The maximum atomic E-state index is 12.4. The van der Waals surface area contributed by atoms with Crippen LogP contribution in [0.1, 0.15) is 10.4 Å². The lowest BCUT2D eigenvalue weighted by molar-refractivity contribution is 0.0648. The molecule has 0 radical (unpaired) electrons. The number of rotatable bonds is 3. The maximum Gasteiger partial charge on any atom is 0.257 e. The summed E-state index contributed by atoms with van der Waals surface area (Å²) in [6, 6.07) is 3.80. The van der Waals surface area contributed by atoms with E-state index in [4.69, 9.17) is 10.00 Å². The van der Waals surface area contributed by atoms with Gasteiger partial charge in [-0.3, -0.25) is 14.7 Å². The zero-order valence-electron chi connectivity index (χ0n) is 10.9. The van der Waals surface area contributed by atoms with Crippen molar-refractivity contribution in [3.63, 3.8) is 0 Å². The number of pyridine rings is 1. The van der Waals surface area contributed by atoms with E-state index < -0.39 is 0 Å². The van der Waals surface area contributed by atoms with Gasteiger partial charge in [-0.15, -0.1) is 0 Å². The van der Waals surface area contributed by atoms with E-state index in [-0.39, 0.29) is 5.91 Å². The number of piperazine rings is 1. The summed E-state index contributed by atoms with van der Waals surface area (Å²) >= 11 is 0. The first-order chi connectivity index (χ1) is 9.26. The lowest BCUT2D eigenvalue weighted by atomic mass is 10.2. The van der Waals surface area contributed by atoms with E-state index in [0.717, 1.165) is 13.1 Å². The Balaban J connectivity index is 2.03. The smallest absolute Gasteiger partial charge is 0.257 e. The second-order valence-corrected chi connectivity index (χ2v) is 4.30. The molecule has 2 heterocycles. The molecule has 0 unspecified atom stereocenters. The molecule has 0 spiro atoms. The Morgan fingerprint density at radius 2 is 2.21 bits per heavy atom. The standard InChI is InChI=1S/C13H16N4O2/c1-19-12-10-15-4-2-11(12)13(18)17-8-6-16(5-3-14)7-9-17/h2,4,10H,5-9H2,1H3. The average Bonchev–Trinajstić information content (AvgIpc) is 2.47. The highest BCUT2D eigenvalue weighted by atomic mass is 16.5. The molecule has 0 saturated carbocycles. The third-order valence-corrected chi connectivity index (χ3v) is 3.19. The summed E-state index contributed by atoms with van der Waals surface area (Å²) in [5.74, 6) is 0.447. The molecule has 100 valence electrons. The molecule has 1 aliphatic rings. The van der Waals surface area contributed by atoms with Crippen LogP contribution >= 0.6 is 0 Å². The highest BCUT2D eigenvalue weighted by molar-refractivity contribution is 5.96. The van der Waals surface area contributed by atoms with Crippen LogP contribution in [-0.2, 0) is 0 Å². The molecule has 1 aromatic rings. The highest BCUT2D eigenvalue weighted by Gasteiger charge is 2.23. The van der Waals surface area contributed by atoms with Crippen molar-refractivity contribution in [3.05, 3.63) is 24.0 Å². The van der Waals surface area contributed by atoms with Gasteiger partial charge >= 0.3 is 0 Å². The van der Waals surface area contributed by atoms with Crippen LogP contribution in [-0.4, -0.2) is 60.5 Å². The van der Waals surface area contributed by atoms with Crippen molar-refractivity contribution in [2.75, 3.05) is 39.8 Å². The number of nitrogens with zero attached hydrogens (tertiary/aromatic N) is 4. The Kier molecular flexibility index (Phi) is 4.31. The predicted molar refractivity (Wildman–Crippen MR) is 68.7 cm³/mol. The lowest BCUT2D eigenvalue weighted by Gasteiger charge is -2.33. The van der Waals surface area contributed by atoms with Gasteiger partial charge in [-0.05, 0) is 6.07 Å². The van der Waals surface area contributed by atoms with E-state index in [1.165, 1.54) is 7.11 Å². The van der Waals surface area contributed by atoms with Gasteiger partial charge in [0.05, 0.1) is 31.5 Å². The molecule has 6 nitrogen and oxygen atoms in total. The zero-order valence-corrected chi connectivity index (χ0v) is 10.9. The van der Waals surface area contributed by atoms with E-state index in [0.29, 0.717) is 30.9 Å². The number of hydrogen-bond donors (Lipinski definition) is 0. The Morgan fingerprint density at radius 1 is 1.47 bits per heavy atom. The molecular weight excluding hydrogens is 244 g/mol. The van der Waals surface area contributed by atoms with E-state index in [2.05, 4.69) is 11.1 Å². The van der Waals surface area contributed by atoms with Gasteiger partial charge in [0.1, 0.15) is 5.75 Å². The molecule has 6 heteroatoms. The molecule has 0 bridgehead atoms. The monoisotopic (exact) mass is 260 g/mol. The summed E-state index contributed by atoms with van der Waals surface area (Å²) < 4.78 is 5.15. The fourth-order valence-electron chi connectivity index (χ4n) is 2.10. The summed E-state index contributed by atoms with van der Waals surface area (Å²) in [5.41, 5.74) is 0.534. The summed E-state index contributed by atoms with van der Waals surface area (Å²) in [4.78, 5) is 20.1. The quantitative estimate of drug-likeness (QED) is 0.734. The summed E-state index contributed by atoms with van der Waals surface area (Å²) in [6.07, 6.45) is 3.13. The number of nitriles is 1. The number of ether oxygens (including phenoxy) is 1. The van der Waals surface area contributed by atoms with Crippen molar-refractivity contribution in [1.29, 1.82) is 5.26 Å². The largest absolute Gasteiger partial charge is 0.494 e. The van der Waals surface area contributed by atoms with E-state index in [9.17, 15) is 4.79 Å². The molecule has 1 aromatic heterocycles. The molecular formula is C13H16N4O2. The summed E-state index contributed by atoms with van der Waals surface area (Å²) in [5, 5.41) is 8.64. The molecule has 0 N–H and O–H groups in total. The zero-order chi connectivity index (χ0) is 13.7. The Morgan fingerprint density at radius 3 is 2.84 bits per heavy atom. The van der Waals surface area contributed by atoms with Crippen LogP contribution in [0.5, 0.6) is 5.75 Å². The van der Waals surface area contributed by atoms with Crippen LogP contribution < -0.4 is 4.74 Å². The van der Waals surface area contributed by atoms with Gasteiger partial charge in [0.2, 0.25) is 0 Å². The number of carbonyl (C=O) groups excluding carboxylic acids is 1. The minimum Gasteiger partial charge on any atom is -0.494 e. The SMILES string of the molecule is COc1cnccc1C(=O)N1CCN(CC#N)CC1.